The molecule has 1 aliphatic rings. The van der Waals surface area contributed by atoms with Crippen molar-refractivity contribution in [3.63, 3.8) is 0 Å². The van der Waals surface area contributed by atoms with Gasteiger partial charge in [-0.2, -0.15) is 0 Å². The van der Waals surface area contributed by atoms with E-state index < -0.39 is 6.10 Å². The number of aliphatic hydroxyl groups excluding tert-OH is 1. The molecule has 1 fully saturated rings. The number of likely N-dealkylation sites (tertiary alicyclic amines) is 1. The number of amides is 1. The highest BCUT2D eigenvalue weighted by Gasteiger charge is 2.29. The SMILES string of the molecule is Cc1ccc(C(=O)N2CCC(C(O)c3ccc(F)cc3)CC2)c(=O)[nH]1. The number of aromatic nitrogens is 1. The van der Waals surface area contributed by atoms with Gasteiger partial charge in [0.25, 0.3) is 11.5 Å². The van der Waals surface area contributed by atoms with Crippen LogP contribution in [-0.4, -0.2) is 34.0 Å². The maximum atomic E-state index is 13.0. The Morgan fingerprint density at radius 2 is 1.84 bits per heavy atom. The molecule has 2 heterocycles. The van der Waals surface area contributed by atoms with Crippen LogP contribution in [0.5, 0.6) is 0 Å². The maximum absolute atomic E-state index is 13.0. The number of aromatic amines is 1. The van der Waals surface area contributed by atoms with E-state index >= 15 is 0 Å². The van der Waals surface area contributed by atoms with Crippen molar-refractivity contribution in [3.8, 4) is 0 Å². The van der Waals surface area contributed by atoms with Crippen molar-refractivity contribution in [1.29, 1.82) is 0 Å². The van der Waals surface area contributed by atoms with Crippen molar-refractivity contribution in [2.75, 3.05) is 13.1 Å². The molecule has 132 valence electrons. The number of halogens is 1. The van der Waals surface area contributed by atoms with Crippen LogP contribution in [0.1, 0.15) is 40.6 Å². The fraction of sp³-hybridized carbons (Fsp3) is 0.368. The number of carbonyl (C=O) groups excluding carboxylic acids is 1. The lowest BCUT2D eigenvalue weighted by Gasteiger charge is -2.34. The van der Waals surface area contributed by atoms with Gasteiger partial charge in [0.05, 0.1) is 6.10 Å². The Hall–Kier alpha value is -2.47. The lowest BCUT2D eigenvalue weighted by Crippen LogP contribution is -2.41. The van der Waals surface area contributed by atoms with E-state index in [0.29, 0.717) is 37.2 Å². The lowest BCUT2D eigenvalue weighted by molar-refractivity contribution is 0.0461. The molecule has 25 heavy (non-hydrogen) atoms. The first-order valence-corrected chi connectivity index (χ1v) is 8.38. The van der Waals surface area contributed by atoms with Gasteiger partial charge < -0.3 is 15.0 Å². The summed E-state index contributed by atoms with van der Waals surface area (Å²) < 4.78 is 13.0. The van der Waals surface area contributed by atoms with E-state index in [1.54, 1.807) is 36.1 Å². The Morgan fingerprint density at radius 1 is 1.20 bits per heavy atom. The van der Waals surface area contributed by atoms with Crippen LogP contribution in [0, 0.1) is 18.7 Å². The van der Waals surface area contributed by atoms with Gasteiger partial charge in [-0.05, 0) is 55.5 Å². The molecule has 0 saturated carbocycles. The summed E-state index contributed by atoms with van der Waals surface area (Å²) in [4.78, 5) is 28.7. The highest BCUT2D eigenvalue weighted by atomic mass is 19.1. The molecule has 1 saturated heterocycles. The largest absolute Gasteiger partial charge is 0.388 e. The minimum atomic E-state index is -0.680. The summed E-state index contributed by atoms with van der Waals surface area (Å²) in [6.45, 7) is 2.72. The van der Waals surface area contributed by atoms with Crippen LogP contribution < -0.4 is 5.56 Å². The summed E-state index contributed by atoms with van der Waals surface area (Å²) in [7, 11) is 0. The fourth-order valence-corrected chi connectivity index (χ4v) is 3.26. The third-order valence-electron chi connectivity index (χ3n) is 4.77. The molecule has 5 nitrogen and oxygen atoms in total. The number of rotatable bonds is 3. The standard InChI is InChI=1S/C19H21FN2O3/c1-12-2-7-16(18(24)21-12)19(25)22-10-8-14(9-11-22)17(23)13-3-5-15(20)6-4-13/h2-7,14,17,23H,8-11H2,1H3,(H,21,24). The Kier molecular flexibility index (Phi) is 4.99. The first-order chi connectivity index (χ1) is 12.0. The van der Waals surface area contributed by atoms with E-state index in [1.165, 1.54) is 12.1 Å². The summed E-state index contributed by atoms with van der Waals surface area (Å²) in [5, 5.41) is 10.5. The Labute approximate surface area is 145 Å². The molecule has 1 aromatic carbocycles. The molecule has 3 rings (SSSR count). The summed E-state index contributed by atoms with van der Waals surface area (Å²) in [6.07, 6.45) is 0.586. The normalized spacial score (nSPS) is 16.7. The zero-order chi connectivity index (χ0) is 18.0. The van der Waals surface area contributed by atoms with Gasteiger partial charge >= 0.3 is 0 Å². The highest BCUT2D eigenvalue weighted by molar-refractivity contribution is 5.93. The number of hydrogen-bond donors (Lipinski definition) is 2. The molecule has 1 aromatic heterocycles. The molecule has 1 aliphatic heterocycles. The third kappa shape index (κ3) is 3.79. The maximum Gasteiger partial charge on any atom is 0.260 e. The number of pyridine rings is 1. The lowest BCUT2D eigenvalue weighted by atomic mass is 9.87. The van der Waals surface area contributed by atoms with E-state index in [1.807, 2.05) is 0 Å². The van der Waals surface area contributed by atoms with Gasteiger partial charge in [-0.1, -0.05) is 12.1 Å². The summed E-state index contributed by atoms with van der Waals surface area (Å²) in [5.74, 6) is -0.610. The van der Waals surface area contributed by atoms with E-state index in [0.717, 1.165) is 0 Å². The molecule has 2 aromatic rings. The number of piperidine rings is 1. The van der Waals surface area contributed by atoms with Crippen LogP contribution in [0.4, 0.5) is 4.39 Å². The smallest absolute Gasteiger partial charge is 0.260 e. The topological polar surface area (TPSA) is 73.4 Å². The van der Waals surface area contributed by atoms with Crippen LogP contribution in [0.25, 0.3) is 0 Å². The van der Waals surface area contributed by atoms with Crippen molar-refractivity contribution in [2.24, 2.45) is 5.92 Å². The number of aryl methyl sites for hydroxylation is 1. The number of benzene rings is 1. The zero-order valence-electron chi connectivity index (χ0n) is 14.0. The molecule has 0 radical (unpaired) electrons. The van der Waals surface area contributed by atoms with Crippen LogP contribution in [0.3, 0.4) is 0 Å². The van der Waals surface area contributed by atoms with E-state index in [4.69, 9.17) is 0 Å². The molecule has 2 N–H and O–H groups in total. The van der Waals surface area contributed by atoms with Crippen LogP contribution >= 0.6 is 0 Å². The molecule has 0 aliphatic carbocycles. The Morgan fingerprint density at radius 3 is 2.44 bits per heavy atom. The monoisotopic (exact) mass is 344 g/mol. The number of hydrogen-bond acceptors (Lipinski definition) is 3. The predicted molar refractivity (Wildman–Crippen MR) is 91.8 cm³/mol. The van der Waals surface area contributed by atoms with Gasteiger partial charge in [-0.15, -0.1) is 0 Å². The summed E-state index contributed by atoms with van der Waals surface area (Å²) in [5.41, 5.74) is 1.16. The van der Waals surface area contributed by atoms with Gasteiger partial charge in [0, 0.05) is 18.8 Å². The second-order valence-corrected chi connectivity index (χ2v) is 6.51. The van der Waals surface area contributed by atoms with Crippen molar-refractivity contribution in [1.82, 2.24) is 9.88 Å². The first kappa shape index (κ1) is 17.4. The van der Waals surface area contributed by atoms with Crippen molar-refractivity contribution in [2.45, 2.75) is 25.9 Å². The molecule has 0 spiro atoms. The average Bonchev–Trinajstić information content (AvgIpc) is 2.61. The Bertz CT molecular complexity index is 808. The second kappa shape index (κ2) is 7.19. The van der Waals surface area contributed by atoms with Crippen LogP contribution in [0.2, 0.25) is 0 Å². The quantitative estimate of drug-likeness (QED) is 0.898. The highest BCUT2D eigenvalue weighted by Crippen LogP contribution is 2.31. The van der Waals surface area contributed by atoms with Crippen molar-refractivity contribution >= 4 is 5.91 Å². The number of aliphatic hydroxyl groups is 1. The molecule has 1 unspecified atom stereocenters. The molecular formula is C19H21FN2O3. The van der Waals surface area contributed by atoms with Crippen LogP contribution in [0.15, 0.2) is 41.2 Å². The summed E-state index contributed by atoms with van der Waals surface area (Å²) >= 11 is 0. The van der Waals surface area contributed by atoms with E-state index in [-0.39, 0.29) is 28.8 Å². The van der Waals surface area contributed by atoms with E-state index in [9.17, 15) is 19.1 Å². The number of nitrogens with one attached hydrogen (secondary N) is 1. The number of carbonyl (C=O) groups is 1. The van der Waals surface area contributed by atoms with Crippen molar-refractivity contribution in [3.05, 3.63) is 69.4 Å². The molecule has 6 heteroatoms. The molecule has 1 atom stereocenters. The Balaban J connectivity index is 1.64. The third-order valence-corrected chi connectivity index (χ3v) is 4.77. The molecule has 1 amide bonds. The fourth-order valence-electron chi connectivity index (χ4n) is 3.26. The van der Waals surface area contributed by atoms with Gasteiger partial charge in [0.1, 0.15) is 11.4 Å². The van der Waals surface area contributed by atoms with Gasteiger partial charge in [0.2, 0.25) is 0 Å². The predicted octanol–water partition coefficient (Wildman–Crippen LogP) is 2.41. The molecular weight excluding hydrogens is 323 g/mol. The minimum absolute atomic E-state index is 0.00538. The first-order valence-electron chi connectivity index (χ1n) is 8.38. The molecule has 0 bridgehead atoms. The summed E-state index contributed by atoms with van der Waals surface area (Å²) in [6, 6.07) is 9.10. The average molecular weight is 344 g/mol. The zero-order valence-corrected chi connectivity index (χ0v) is 14.0. The second-order valence-electron chi connectivity index (χ2n) is 6.51. The van der Waals surface area contributed by atoms with Gasteiger partial charge in [-0.25, -0.2) is 4.39 Å². The van der Waals surface area contributed by atoms with Gasteiger partial charge in [-0.3, -0.25) is 9.59 Å². The van der Waals surface area contributed by atoms with Gasteiger partial charge in [0.15, 0.2) is 0 Å². The van der Waals surface area contributed by atoms with Crippen LogP contribution in [-0.2, 0) is 0 Å². The minimum Gasteiger partial charge on any atom is -0.388 e. The number of nitrogens with zero attached hydrogens (tertiary/aromatic N) is 1. The van der Waals surface area contributed by atoms with Crippen molar-refractivity contribution < 1.29 is 14.3 Å². The number of H-pyrrole nitrogens is 1. The van der Waals surface area contributed by atoms with E-state index in [2.05, 4.69) is 4.98 Å².